The fourth-order valence-corrected chi connectivity index (χ4v) is 2.03. The fourth-order valence-electron chi connectivity index (χ4n) is 1.86. The molecule has 0 radical (unpaired) electrons. The summed E-state index contributed by atoms with van der Waals surface area (Å²) in [5.41, 5.74) is 0.537. The lowest BCUT2D eigenvalue weighted by Crippen LogP contribution is -2.22. The molecule has 1 N–H and O–H groups in total. The molecule has 104 valence electrons. The van der Waals surface area contributed by atoms with Crippen LogP contribution < -0.4 is 10.1 Å². The van der Waals surface area contributed by atoms with Gasteiger partial charge < -0.3 is 10.1 Å². The Bertz CT molecular complexity index is 421. The number of nitrogens with zero attached hydrogens (tertiary/aromatic N) is 1. The van der Waals surface area contributed by atoms with Crippen molar-refractivity contribution in [2.75, 3.05) is 13.6 Å². The second-order valence-electron chi connectivity index (χ2n) is 4.53. The van der Waals surface area contributed by atoms with E-state index in [1.807, 2.05) is 7.05 Å². The highest BCUT2D eigenvalue weighted by Crippen LogP contribution is 2.25. The van der Waals surface area contributed by atoms with E-state index in [0.717, 1.165) is 32.2 Å². The summed E-state index contributed by atoms with van der Waals surface area (Å²) in [6.45, 7) is 3.06. The second kappa shape index (κ2) is 8.79. The third-order valence-corrected chi connectivity index (χ3v) is 3.19. The molecule has 0 aliphatic rings. The van der Waals surface area contributed by atoms with Gasteiger partial charge in [0.05, 0.1) is 11.7 Å². The average Bonchev–Trinajstić information content (AvgIpc) is 2.42. The van der Waals surface area contributed by atoms with Crippen molar-refractivity contribution in [3.63, 3.8) is 0 Å². The smallest absolute Gasteiger partial charge is 0.138 e. The van der Waals surface area contributed by atoms with Crippen molar-refractivity contribution in [2.45, 2.75) is 38.7 Å². The molecule has 1 aromatic carbocycles. The van der Waals surface area contributed by atoms with Crippen LogP contribution >= 0.6 is 11.6 Å². The molecule has 1 unspecified atom stereocenters. The molecule has 0 aromatic heterocycles. The van der Waals surface area contributed by atoms with Gasteiger partial charge in [-0.25, -0.2) is 0 Å². The van der Waals surface area contributed by atoms with Crippen LogP contribution in [0, 0.1) is 11.3 Å². The minimum Gasteiger partial charge on any atom is -0.489 e. The largest absolute Gasteiger partial charge is 0.489 e. The molecular formula is C15H21ClN2O. The zero-order valence-corrected chi connectivity index (χ0v) is 12.3. The zero-order chi connectivity index (χ0) is 14.1. The Balaban J connectivity index is 2.76. The Kier molecular flexibility index (Phi) is 7.32. The lowest BCUT2D eigenvalue weighted by Gasteiger charge is -2.19. The molecule has 3 nitrogen and oxygen atoms in total. The minimum atomic E-state index is 0.123. The molecule has 1 atom stereocenters. The van der Waals surface area contributed by atoms with E-state index in [2.05, 4.69) is 18.3 Å². The Morgan fingerprint density at radius 3 is 2.84 bits per heavy atom. The van der Waals surface area contributed by atoms with Crippen LogP contribution in [0.1, 0.15) is 38.2 Å². The predicted octanol–water partition coefficient (Wildman–Crippen LogP) is 3.76. The number of unbranched alkanes of at least 4 members (excludes halogenated alkanes) is 1. The van der Waals surface area contributed by atoms with Gasteiger partial charge in [0.15, 0.2) is 0 Å². The molecule has 0 aliphatic heterocycles. The lowest BCUT2D eigenvalue weighted by molar-refractivity contribution is 0.177. The van der Waals surface area contributed by atoms with E-state index in [4.69, 9.17) is 21.6 Å². The first-order valence-corrected chi connectivity index (χ1v) is 7.10. The first-order valence-electron chi connectivity index (χ1n) is 6.72. The SMILES string of the molecule is CCCCC(CCNC)Oc1cc(Cl)ccc1C#N. The minimum absolute atomic E-state index is 0.123. The van der Waals surface area contributed by atoms with Gasteiger partial charge in [0.2, 0.25) is 0 Å². The van der Waals surface area contributed by atoms with Crippen LogP contribution in [-0.2, 0) is 0 Å². The summed E-state index contributed by atoms with van der Waals surface area (Å²) in [5.74, 6) is 0.590. The van der Waals surface area contributed by atoms with Gasteiger partial charge in [-0.3, -0.25) is 0 Å². The first kappa shape index (κ1) is 15.8. The summed E-state index contributed by atoms with van der Waals surface area (Å²) in [5, 5.41) is 12.8. The Labute approximate surface area is 120 Å². The van der Waals surface area contributed by atoms with Gasteiger partial charge in [0.25, 0.3) is 0 Å². The fraction of sp³-hybridized carbons (Fsp3) is 0.533. The third-order valence-electron chi connectivity index (χ3n) is 2.95. The van der Waals surface area contributed by atoms with Crippen LogP contribution in [0.4, 0.5) is 0 Å². The Morgan fingerprint density at radius 2 is 2.21 bits per heavy atom. The quantitative estimate of drug-likeness (QED) is 0.789. The molecule has 19 heavy (non-hydrogen) atoms. The molecule has 0 fully saturated rings. The van der Waals surface area contributed by atoms with Gasteiger partial charge in [-0.15, -0.1) is 0 Å². The van der Waals surface area contributed by atoms with E-state index >= 15 is 0 Å². The lowest BCUT2D eigenvalue weighted by atomic mass is 10.1. The molecule has 0 saturated carbocycles. The summed E-state index contributed by atoms with van der Waals surface area (Å²) >= 11 is 5.96. The maximum Gasteiger partial charge on any atom is 0.138 e. The highest BCUT2D eigenvalue weighted by molar-refractivity contribution is 6.30. The van der Waals surface area contributed by atoms with Gasteiger partial charge in [-0.2, -0.15) is 5.26 Å². The maximum atomic E-state index is 9.09. The molecule has 0 heterocycles. The summed E-state index contributed by atoms with van der Waals surface area (Å²) < 4.78 is 5.97. The van der Waals surface area contributed by atoms with Crippen molar-refractivity contribution in [1.82, 2.24) is 5.32 Å². The molecule has 0 aliphatic carbocycles. The van der Waals surface area contributed by atoms with Crippen molar-refractivity contribution >= 4 is 11.6 Å². The second-order valence-corrected chi connectivity index (χ2v) is 4.96. The summed E-state index contributed by atoms with van der Waals surface area (Å²) in [4.78, 5) is 0. The zero-order valence-electron chi connectivity index (χ0n) is 11.6. The number of rotatable bonds is 8. The van der Waals surface area contributed by atoms with Crippen molar-refractivity contribution in [1.29, 1.82) is 5.26 Å². The summed E-state index contributed by atoms with van der Waals surface area (Å²) in [6.07, 6.45) is 4.30. The Hall–Kier alpha value is -1.24. The van der Waals surface area contributed by atoms with Gasteiger partial charge in [-0.05, 0) is 38.6 Å². The summed E-state index contributed by atoms with van der Waals surface area (Å²) in [7, 11) is 1.93. The molecular weight excluding hydrogens is 260 g/mol. The van der Waals surface area contributed by atoms with Crippen LogP contribution in [0.25, 0.3) is 0 Å². The Morgan fingerprint density at radius 1 is 1.42 bits per heavy atom. The third kappa shape index (κ3) is 5.50. The molecule has 0 bridgehead atoms. The van der Waals surface area contributed by atoms with E-state index in [1.165, 1.54) is 0 Å². The monoisotopic (exact) mass is 280 g/mol. The standard InChI is InChI=1S/C15H21ClN2O/c1-3-4-5-14(8-9-18-2)19-15-10-13(16)7-6-12(15)11-17/h6-7,10,14,18H,3-5,8-9H2,1-2H3. The number of ether oxygens (including phenoxy) is 1. The van der Waals surface area contributed by atoms with E-state index < -0.39 is 0 Å². The maximum absolute atomic E-state index is 9.09. The highest BCUT2D eigenvalue weighted by atomic mass is 35.5. The van der Waals surface area contributed by atoms with Crippen LogP contribution in [-0.4, -0.2) is 19.7 Å². The number of benzene rings is 1. The van der Waals surface area contributed by atoms with Gasteiger partial charge >= 0.3 is 0 Å². The van der Waals surface area contributed by atoms with Crippen molar-refractivity contribution in [2.24, 2.45) is 0 Å². The predicted molar refractivity (Wildman–Crippen MR) is 78.7 cm³/mol. The highest BCUT2D eigenvalue weighted by Gasteiger charge is 2.13. The van der Waals surface area contributed by atoms with Crippen LogP contribution in [0.3, 0.4) is 0 Å². The molecule has 1 rings (SSSR count). The van der Waals surface area contributed by atoms with E-state index in [9.17, 15) is 0 Å². The van der Waals surface area contributed by atoms with Crippen molar-refractivity contribution in [3.8, 4) is 11.8 Å². The number of nitrogens with one attached hydrogen (secondary N) is 1. The van der Waals surface area contributed by atoms with E-state index in [-0.39, 0.29) is 6.10 Å². The van der Waals surface area contributed by atoms with Gasteiger partial charge in [-0.1, -0.05) is 31.4 Å². The molecule has 0 amide bonds. The van der Waals surface area contributed by atoms with E-state index in [1.54, 1.807) is 18.2 Å². The van der Waals surface area contributed by atoms with Crippen LogP contribution in [0.15, 0.2) is 18.2 Å². The first-order chi connectivity index (χ1) is 9.21. The topological polar surface area (TPSA) is 45.0 Å². The van der Waals surface area contributed by atoms with E-state index in [0.29, 0.717) is 16.3 Å². The molecule has 0 saturated heterocycles. The number of nitriles is 1. The van der Waals surface area contributed by atoms with Crippen molar-refractivity contribution < 1.29 is 4.74 Å². The van der Waals surface area contributed by atoms with Crippen LogP contribution in [0.5, 0.6) is 5.75 Å². The molecule has 4 heteroatoms. The molecule has 0 spiro atoms. The van der Waals surface area contributed by atoms with Gasteiger partial charge in [0.1, 0.15) is 11.8 Å². The number of halogens is 1. The molecule has 1 aromatic rings. The number of hydrogen-bond donors (Lipinski definition) is 1. The summed E-state index contributed by atoms with van der Waals surface area (Å²) in [6, 6.07) is 7.27. The van der Waals surface area contributed by atoms with Crippen LogP contribution in [0.2, 0.25) is 5.02 Å². The van der Waals surface area contributed by atoms with Gasteiger partial charge in [0, 0.05) is 11.1 Å². The number of hydrogen-bond acceptors (Lipinski definition) is 3. The average molecular weight is 281 g/mol. The van der Waals surface area contributed by atoms with Crippen molar-refractivity contribution in [3.05, 3.63) is 28.8 Å². The normalized spacial score (nSPS) is 11.9.